The molecule has 1 aromatic carbocycles. The molecule has 1 aromatic rings. The van der Waals surface area contributed by atoms with Crippen LogP contribution in [0.5, 0.6) is 5.75 Å². The van der Waals surface area contributed by atoms with Crippen LogP contribution in [0.15, 0.2) is 18.2 Å². The van der Waals surface area contributed by atoms with Gasteiger partial charge in [0.25, 0.3) is 0 Å². The fraction of sp³-hybridized carbons (Fsp3) is 0.500. The third kappa shape index (κ3) is 2.47. The summed E-state index contributed by atoms with van der Waals surface area (Å²) in [6.07, 6.45) is 2.50. The smallest absolute Gasteiger partial charge is 0.173 e. The standard InChI is InChI=1S/C12H14ClFO2/c13-10-2-1-3-11(14)12(10)16-9-5-4-8(6-9)7-15/h1-3,8-9,15H,4-7H2/t8-,9-/m0/s1. The van der Waals surface area contributed by atoms with E-state index in [0.29, 0.717) is 5.02 Å². The Morgan fingerprint density at radius 2 is 2.25 bits per heavy atom. The van der Waals surface area contributed by atoms with Crippen LogP contribution in [0, 0.1) is 11.7 Å². The zero-order chi connectivity index (χ0) is 11.5. The maximum atomic E-state index is 13.4. The molecule has 0 unspecified atom stereocenters. The summed E-state index contributed by atoms with van der Waals surface area (Å²) in [6, 6.07) is 4.49. The third-order valence-electron chi connectivity index (χ3n) is 2.95. The largest absolute Gasteiger partial charge is 0.486 e. The first-order valence-electron chi connectivity index (χ1n) is 5.42. The van der Waals surface area contributed by atoms with Gasteiger partial charge in [-0.3, -0.25) is 0 Å². The van der Waals surface area contributed by atoms with Crippen LogP contribution in [0.25, 0.3) is 0 Å². The number of ether oxygens (including phenoxy) is 1. The second-order valence-electron chi connectivity index (χ2n) is 4.15. The van der Waals surface area contributed by atoms with Crippen molar-refractivity contribution >= 4 is 11.6 Å². The van der Waals surface area contributed by atoms with Crippen LogP contribution in [0.2, 0.25) is 5.02 Å². The molecule has 88 valence electrons. The second kappa shape index (κ2) is 5.02. The van der Waals surface area contributed by atoms with Gasteiger partial charge < -0.3 is 9.84 Å². The van der Waals surface area contributed by atoms with Gasteiger partial charge >= 0.3 is 0 Å². The Bertz CT molecular complexity index is 350. The van der Waals surface area contributed by atoms with Gasteiger partial charge in [0.1, 0.15) is 0 Å². The first-order valence-corrected chi connectivity index (χ1v) is 5.80. The summed E-state index contributed by atoms with van der Waals surface area (Å²) in [6.45, 7) is 0.171. The van der Waals surface area contributed by atoms with E-state index >= 15 is 0 Å². The Labute approximate surface area is 99.0 Å². The fourth-order valence-corrected chi connectivity index (χ4v) is 2.27. The molecule has 1 aliphatic carbocycles. The summed E-state index contributed by atoms with van der Waals surface area (Å²) in [4.78, 5) is 0. The summed E-state index contributed by atoms with van der Waals surface area (Å²) in [7, 11) is 0. The van der Waals surface area contributed by atoms with Gasteiger partial charge in [-0.15, -0.1) is 0 Å². The lowest BCUT2D eigenvalue weighted by atomic mass is 10.1. The van der Waals surface area contributed by atoms with E-state index in [1.165, 1.54) is 6.07 Å². The summed E-state index contributed by atoms with van der Waals surface area (Å²) >= 11 is 5.86. The van der Waals surface area contributed by atoms with Crippen LogP contribution in [-0.4, -0.2) is 17.8 Å². The Hall–Kier alpha value is -0.800. The van der Waals surface area contributed by atoms with Crippen LogP contribution in [0.4, 0.5) is 4.39 Å². The van der Waals surface area contributed by atoms with Crippen molar-refractivity contribution in [2.45, 2.75) is 25.4 Å². The highest BCUT2D eigenvalue weighted by Crippen LogP contribution is 2.33. The van der Waals surface area contributed by atoms with Gasteiger partial charge in [0.15, 0.2) is 11.6 Å². The molecule has 2 rings (SSSR count). The summed E-state index contributed by atoms with van der Waals surface area (Å²) in [5.74, 6) is -0.0248. The monoisotopic (exact) mass is 244 g/mol. The molecule has 0 saturated heterocycles. The molecule has 0 bridgehead atoms. The Morgan fingerprint density at radius 1 is 1.44 bits per heavy atom. The van der Waals surface area contributed by atoms with Gasteiger partial charge in [0, 0.05) is 6.61 Å². The average molecular weight is 245 g/mol. The van der Waals surface area contributed by atoms with Crippen LogP contribution >= 0.6 is 11.6 Å². The molecule has 1 fully saturated rings. The predicted molar refractivity (Wildman–Crippen MR) is 60.3 cm³/mol. The van der Waals surface area contributed by atoms with E-state index in [1.807, 2.05) is 0 Å². The molecular weight excluding hydrogens is 231 g/mol. The minimum atomic E-state index is -0.431. The van der Waals surface area contributed by atoms with E-state index in [9.17, 15) is 4.39 Å². The van der Waals surface area contributed by atoms with Gasteiger partial charge in [-0.1, -0.05) is 17.7 Å². The lowest BCUT2D eigenvalue weighted by molar-refractivity contribution is 0.178. The molecule has 2 atom stereocenters. The van der Waals surface area contributed by atoms with E-state index in [0.717, 1.165) is 19.3 Å². The van der Waals surface area contributed by atoms with Gasteiger partial charge in [-0.2, -0.15) is 0 Å². The maximum Gasteiger partial charge on any atom is 0.173 e. The van der Waals surface area contributed by atoms with Crippen LogP contribution in [-0.2, 0) is 0 Å². The van der Waals surface area contributed by atoms with Gasteiger partial charge in [-0.05, 0) is 37.3 Å². The van der Waals surface area contributed by atoms with Gasteiger partial charge in [-0.25, -0.2) is 4.39 Å². The topological polar surface area (TPSA) is 29.5 Å². The highest BCUT2D eigenvalue weighted by molar-refractivity contribution is 6.32. The third-order valence-corrected chi connectivity index (χ3v) is 3.25. The molecular formula is C12H14ClFO2. The van der Waals surface area contributed by atoms with Crippen molar-refractivity contribution in [2.75, 3.05) is 6.61 Å². The fourth-order valence-electron chi connectivity index (χ4n) is 2.06. The van der Waals surface area contributed by atoms with Crippen molar-refractivity contribution in [3.63, 3.8) is 0 Å². The maximum absolute atomic E-state index is 13.4. The molecule has 16 heavy (non-hydrogen) atoms. The molecule has 0 spiro atoms. The lowest BCUT2D eigenvalue weighted by Gasteiger charge is -2.15. The highest BCUT2D eigenvalue weighted by Gasteiger charge is 2.26. The SMILES string of the molecule is OC[C@H]1CC[C@H](Oc2c(F)cccc2Cl)C1. The molecule has 0 aromatic heterocycles. The molecule has 1 N–H and O–H groups in total. The van der Waals surface area contributed by atoms with E-state index in [1.54, 1.807) is 12.1 Å². The molecule has 4 heteroatoms. The zero-order valence-corrected chi connectivity index (χ0v) is 9.58. The van der Waals surface area contributed by atoms with E-state index in [2.05, 4.69) is 0 Å². The lowest BCUT2D eigenvalue weighted by Crippen LogP contribution is -2.14. The van der Waals surface area contributed by atoms with Crippen molar-refractivity contribution in [2.24, 2.45) is 5.92 Å². The van der Waals surface area contributed by atoms with Crippen LogP contribution in [0.1, 0.15) is 19.3 Å². The Balaban J connectivity index is 2.04. The Morgan fingerprint density at radius 3 is 2.88 bits per heavy atom. The second-order valence-corrected chi connectivity index (χ2v) is 4.56. The molecule has 0 radical (unpaired) electrons. The molecule has 1 saturated carbocycles. The molecule has 0 aliphatic heterocycles. The first-order chi connectivity index (χ1) is 7.70. The average Bonchev–Trinajstić information content (AvgIpc) is 2.71. The van der Waals surface area contributed by atoms with Gasteiger partial charge in [0.05, 0.1) is 11.1 Å². The minimum Gasteiger partial charge on any atom is -0.486 e. The number of hydrogen-bond acceptors (Lipinski definition) is 2. The summed E-state index contributed by atoms with van der Waals surface area (Å²) < 4.78 is 19.0. The first kappa shape index (κ1) is 11.7. The number of aliphatic hydroxyl groups excluding tert-OH is 1. The number of aliphatic hydroxyl groups is 1. The molecule has 2 nitrogen and oxygen atoms in total. The number of para-hydroxylation sites is 1. The number of benzene rings is 1. The minimum absolute atomic E-state index is 0.0356. The highest BCUT2D eigenvalue weighted by atomic mass is 35.5. The number of rotatable bonds is 3. The van der Waals surface area contributed by atoms with E-state index in [-0.39, 0.29) is 24.4 Å². The van der Waals surface area contributed by atoms with Crippen LogP contribution < -0.4 is 4.74 Å². The van der Waals surface area contributed by atoms with E-state index < -0.39 is 5.82 Å². The summed E-state index contributed by atoms with van der Waals surface area (Å²) in [5, 5.41) is 9.30. The quantitative estimate of drug-likeness (QED) is 0.886. The van der Waals surface area contributed by atoms with E-state index in [4.69, 9.17) is 21.4 Å². The molecule has 0 heterocycles. The Kier molecular flexibility index (Phi) is 3.66. The zero-order valence-electron chi connectivity index (χ0n) is 8.83. The van der Waals surface area contributed by atoms with Crippen molar-refractivity contribution in [1.82, 2.24) is 0 Å². The van der Waals surface area contributed by atoms with Crippen molar-refractivity contribution in [3.8, 4) is 5.75 Å². The van der Waals surface area contributed by atoms with Crippen molar-refractivity contribution in [3.05, 3.63) is 29.0 Å². The predicted octanol–water partition coefficient (Wildman–Crippen LogP) is 3.02. The summed E-state index contributed by atoms with van der Waals surface area (Å²) in [5.41, 5.74) is 0. The van der Waals surface area contributed by atoms with Crippen molar-refractivity contribution in [1.29, 1.82) is 0 Å². The van der Waals surface area contributed by atoms with Crippen molar-refractivity contribution < 1.29 is 14.2 Å². The van der Waals surface area contributed by atoms with Gasteiger partial charge in [0.2, 0.25) is 0 Å². The normalized spacial score (nSPS) is 24.7. The number of halogens is 2. The van der Waals surface area contributed by atoms with Crippen LogP contribution in [0.3, 0.4) is 0 Å². The number of hydrogen-bond donors (Lipinski definition) is 1. The molecule has 1 aliphatic rings. The molecule has 0 amide bonds.